The third-order valence-electron chi connectivity index (χ3n) is 4.05. The summed E-state index contributed by atoms with van der Waals surface area (Å²) in [6.07, 6.45) is 2.07. The van der Waals surface area contributed by atoms with Crippen LogP contribution in [0.15, 0.2) is 54.7 Å². The van der Waals surface area contributed by atoms with Crippen LogP contribution in [0, 0.1) is 0 Å². The minimum atomic E-state index is -0.754. The monoisotopic (exact) mass is 341 g/mol. The molecule has 1 unspecified atom stereocenters. The van der Waals surface area contributed by atoms with Gasteiger partial charge < -0.3 is 4.74 Å². The first-order valence-corrected chi connectivity index (χ1v) is 8.08. The number of hydroxylamine groups is 1. The number of pyridine rings is 1. The van der Waals surface area contributed by atoms with E-state index in [1.54, 1.807) is 12.1 Å². The van der Waals surface area contributed by atoms with Crippen molar-refractivity contribution in [2.75, 3.05) is 11.6 Å². The highest BCUT2D eigenvalue weighted by Gasteiger charge is 2.38. The van der Waals surface area contributed by atoms with Gasteiger partial charge >= 0.3 is 6.09 Å². The molecule has 3 rings (SSSR count). The molecule has 0 saturated carbocycles. The molecule has 1 fully saturated rings. The molecule has 2 heterocycles. The highest BCUT2D eigenvalue weighted by Crippen LogP contribution is 2.22. The smallest absolute Gasteiger partial charge is 0.410 e. The van der Waals surface area contributed by atoms with Crippen LogP contribution < -0.4 is 5.06 Å². The second-order valence-corrected chi connectivity index (χ2v) is 5.73. The number of likely N-dealkylation sites (tertiary alicyclic amines) is 1. The van der Waals surface area contributed by atoms with E-state index in [4.69, 9.17) is 4.74 Å². The number of ether oxygens (including phenoxy) is 1. The van der Waals surface area contributed by atoms with Gasteiger partial charge in [0, 0.05) is 12.7 Å². The van der Waals surface area contributed by atoms with Crippen molar-refractivity contribution in [2.24, 2.45) is 0 Å². The number of anilines is 1. The van der Waals surface area contributed by atoms with Gasteiger partial charge in [0.1, 0.15) is 12.6 Å². The molecule has 0 bridgehead atoms. The molecule has 130 valence electrons. The van der Waals surface area contributed by atoms with Gasteiger partial charge in [-0.25, -0.2) is 9.78 Å². The van der Waals surface area contributed by atoms with Crippen LogP contribution in [0.4, 0.5) is 10.6 Å². The van der Waals surface area contributed by atoms with E-state index in [0.29, 0.717) is 24.4 Å². The van der Waals surface area contributed by atoms with Crippen molar-refractivity contribution in [2.45, 2.75) is 25.5 Å². The van der Waals surface area contributed by atoms with Gasteiger partial charge in [0.25, 0.3) is 5.91 Å². The Morgan fingerprint density at radius 3 is 2.68 bits per heavy atom. The number of carbonyl (C=O) groups excluding carboxylic acids is 2. The maximum atomic E-state index is 12.5. The average Bonchev–Trinajstić information content (AvgIpc) is 3.16. The van der Waals surface area contributed by atoms with Crippen molar-refractivity contribution in [3.05, 3.63) is 60.3 Å². The van der Waals surface area contributed by atoms with Gasteiger partial charge in [0.15, 0.2) is 5.82 Å². The van der Waals surface area contributed by atoms with E-state index in [2.05, 4.69) is 4.98 Å². The molecule has 25 heavy (non-hydrogen) atoms. The van der Waals surface area contributed by atoms with Gasteiger partial charge in [-0.15, -0.1) is 0 Å². The van der Waals surface area contributed by atoms with Crippen molar-refractivity contribution in [1.82, 2.24) is 9.88 Å². The van der Waals surface area contributed by atoms with Crippen molar-refractivity contribution in [1.29, 1.82) is 0 Å². The second kappa shape index (κ2) is 7.76. The molecule has 1 atom stereocenters. The quantitative estimate of drug-likeness (QED) is 0.683. The zero-order valence-corrected chi connectivity index (χ0v) is 13.6. The topological polar surface area (TPSA) is 83.0 Å². The molecule has 2 aromatic rings. The lowest BCUT2D eigenvalue weighted by Gasteiger charge is -2.25. The van der Waals surface area contributed by atoms with E-state index in [9.17, 15) is 14.8 Å². The summed E-state index contributed by atoms with van der Waals surface area (Å²) in [6, 6.07) is 13.4. The Balaban J connectivity index is 1.63. The summed E-state index contributed by atoms with van der Waals surface area (Å²) >= 11 is 0. The Morgan fingerprint density at radius 1 is 1.20 bits per heavy atom. The van der Waals surface area contributed by atoms with Gasteiger partial charge in [0.2, 0.25) is 0 Å². The molecule has 7 nitrogen and oxygen atoms in total. The largest absolute Gasteiger partial charge is 0.445 e. The molecule has 0 spiro atoms. The summed E-state index contributed by atoms with van der Waals surface area (Å²) in [5.41, 5.74) is 0.871. The molecule has 1 aromatic heterocycles. The lowest BCUT2D eigenvalue weighted by Crippen LogP contribution is -2.47. The van der Waals surface area contributed by atoms with Crippen LogP contribution >= 0.6 is 0 Å². The minimum Gasteiger partial charge on any atom is -0.445 e. The van der Waals surface area contributed by atoms with Crippen LogP contribution in [0.3, 0.4) is 0 Å². The van der Waals surface area contributed by atoms with E-state index in [-0.39, 0.29) is 12.4 Å². The van der Waals surface area contributed by atoms with Gasteiger partial charge in [-0.05, 0) is 30.5 Å². The number of hydrogen-bond acceptors (Lipinski definition) is 5. The summed E-state index contributed by atoms with van der Waals surface area (Å²) < 4.78 is 5.30. The summed E-state index contributed by atoms with van der Waals surface area (Å²) in [6.45, 7) is 0.556. The van der Waals surface area contributed by atoms with Crippen LogP contribution in [0.25, 0.3) is 0 Å². The lowest BCUT2D eigenvalue weighted by atomic mass is 10.2. The van der Waals surface area contributed by atoms with E-state index < -0.39 is 18.0 Å². The average molecular weight is 341 g/mol. The number of aromatic nitrogens is 1. The Kier molecular flexibility index (Phi) is 5.25. The zero-order valence-electron chi connectivity index (χ0n) is 13.6. The highest BCUT2D eigenvalue weighted by molar-refractivity contribution is 5.96. The van der Waals surface area contributed by atoms with Crippen molar-refractivity contribution in [3.8, 4) is 0 Å². The van der Waals surface area contributed by atoms with Crippen LogP contribution in [0.2, 0.25) is 0 Å². The molecular weight excluding hydrogens is 322 g/mol. The normalized spacial score (nSPS) is 16.5. The SMILES string of the molecule is O=C(C1CCCN1C(=O)OCc1ccccc1)N(O)c1ccccn1. The van der Waals surface area contributed by atoms with E-state index in [1.165, 1.54) is 17.2 Å². The Hall–Kier alpha value is -2.93. The van der Waals surface area contributed by atoms with E-state index in [1.807, 2.05) is 30.3 Å². The van der Waals surface area contributed by atoms with Crippen molar-refractivity contribution in [3.63, 3.8) is 0 Å². The molecule has 7 heteroatoms. The predicted molar refractivity (Wildman–Crippen MR) is 89.9 cm³/mol. The first-order valence-electron chi connectivity index (χ1n) is 8.08. The summed E-state index contributed by atoms with van der Waals surface area (Å²) in [5, 5.41) is 10.6. The molecular formula is C18H19N3O4. The zero-order chi connectivity index (χ0) is 17.6. The fourth-order valence-corrected chi connectivity index (χ4v) is 2.78. The van der Waals surface area contributed by atoms with Crippen molar-refractivity contribution >= 4 is 17.8 Å². The van der Waals surface area contributed by atoms with Gasteiger partial charge in [0.05, 0.1) is 0 Å². The van der Waals surface area contributed by atoms with Crippen LogP contribution in [0.1, 0.15) is 18.4 Å². The summed E-state index contributed by atoms with van der Waals surface area (Å²) in [7, 11) is 0. The predicted octanol–water partition coefficient (Wildman–Crippen LogP) is 2.61. The van der Waals surface area contributed by atoms with Crippen molar-refractivity contribution < 1.29 is 19.5 Å². The first kappa shape index (κ1) is 16.9. The number of rotatable bonds is 4. The van der Waals surface area contributed by atoms with Gasteiger partial charge in [-0.2, -0.15) is 5.06 Å². The van der Waals surface area contributed by atoms with Crippen LogP contribution in [-0.4, -0.2) is 39.7 Å². The molecule has 1 aliphatic rings. The van der Waals surface area contributed by atoms with E-state index >= 15 is 0 Å². The minimum absolute atomic E-state index is 0.122. The standard InChI is InChI=1S/C18H19N3O4/c22-17(21(24)16-10-4-5-11-19-16)15-9-6-12-20(15)18(23)25-13-14-7-2-1-3-8-14/h1-5,7-8,10-11,15,24H,6,9,12-13H2. The maximum Gasteiger partial charge on any atom is 0.410 e. The number of amides is 2. The Bertz CT molecular complexity index is 724. The van der Waals surface area contributed by atoms with Crippen LogP contribution in [-0.2, 0) is 16.1 Å². The molecule has 0 aliphatic carbocycles. The number of carbonyl (C=O) groups is 2. The third kappa shape index (κ3) is 3.95. The third-order valence-corrected chi connectivity index (χ3v) is 4.05. The molecule has 1 aliphatic heterocycles. The molecule has 1 saturated heterocycles. The first-order chi connectivity index (χ1) is 12.2. The highest BCUT2D eigenvalue weighted by atomic mass is 16.6. The van der Waals surface area contributed by atoms with Crippen LogP contribution in [0.5, 0.6) is 0 Å². The van der Waals surface area contributed by atoms with E-state index in [0.717, 1.165) is 5.56 Å². The fourth-order valence-electron chi connectivity index (χ4n) is 2.78. The van der Waals surface area contributed by atoms with Gasteiger partial charge in [-0.3, -0.25) is 14.9 Å². The fraction of sp³-hybridized carbons (Fsp3) is 0.278. The molecule has 1 aromatic carbocycles. The maximum absolute atomic E-state index is 12.5. The number of hydrogen-bond donors (Lipinski definition) is 1. The Morgan fingerprint density at radius 2 is 1.96 bits per heavy atom. The summed E-state index contributed by atoms with van der Waals surface area (Å²) in [5.74, 6) is -0.468. The Labute approximate surface area is 145 Å². The number of nitrogens with zero attached hydrogens (tertiary/aromatic N) is 3. The molecule has 2 amide bonds. The second-order valence-electron chi connectivity index (χ2n) is 5.73. The number of benzene rings is 1. The summed E-state index contributed by atoms with van der Waals surface area (Å²) in [4.78, 5) is 30.1. The lowest BCUT2D eigenvalue weighted by molar-refractivity contribution is -0.127. The molecule has 0 radical (unpaired) electrons. The molecule has 1 N–H and O–H groups in total. The van der Waals surface area contributed by atoms with Gasteiger partial charge in [-0.1, -0.05) is 36.4 Å².